The van der Waals surface area contributed by atoms with Gasteiger partial charge in [0.05, 0.1) is 36.0 Å². The Bertz CT molecular complexity index is 1490. The predicted molar refractivity (Wildman–Crippen MR) is 179 cm³/mol. The van der Waals surface area contributed by atoms with Gasteiger partial charge in [0.2, 0.25) is 0 Å². The number of likely N-dealkylation sites (N-methyl/N-ethyl adjacent to an activating group) is 1. The minimum atomic E-state index is -4.39. The standard InChI is InChI=1S/C37H46F3N3O5/c1-25-21-43(26(2)24-44)36(46)32-20-31(41-35(45)29-11-6-5-7-12-29)17-18-33(32)48-27(3)10-8-9-19-47-34(25)23-42(4)22-28-13-15-30(16-14-28)37(38,39)40/h5-7,11-18,20,25-27,34,44H,8-10,19,21-24H2,1-4H3,(H,41,45)/t25-,26+,27+,34+/m0/s1. The third-order valence-electron chi connectivity index (χ3n) is 8.57. The molecule has 2 N–H and O–H groups in total. The van der Waals surface area contributed by atoms with Gasteiger partial charge in [0.25, 0.3) is 11.8 Å². The van der Waals surface area contributed by atoms with Gasteiger partial charge in [-0.25, -0.2) is 0 Å². The first-order chi connectivity index (χ1) is 22.8. The van der Waals surface area contributed by atoms with Crippen molar-refractivity contribution in [2.24, 2.45) is 5.92 Å². The van der Waals surface area contributed by atoms with Crippen LogP contribution in [0.25, 0.3) is 0 Å². The van der Waals surface area contributed by atoms with Crippen LogP contribution in [-0.4, -0.2) is 78.3 Å². The van der Waals surface area contributed by atoms with Gasteiger partial charge in [0, 0.05) is 43.4 Å². The number of carbonyl (C=O) groups is 2. The maximum absolute atomic E-state index is 14.3. The molecule has 0 unspecified atom stereocenters. The third kappa shape index (κ3) is 10.3. The van der Waals surface area contributed by atoms with Gasteiger partial charge < -0.3 is 24.8 Å². The molecular weight excluding hydrogens is 623 g/mol. The monoisotopic (exact) mass is 669 g/mol. The highest BCUT2D eigenvalue weighted by molar-refractivity contribution is 6.05. The molecule has 3 aromatic rings. The van der Waals surface area contributed by atoms with Crippen molar-refractivity contribution in [2.45, 2.75) is 71.0 Å². The molecular formula is C37H46F3N3O5. The number of benzene rings is 3. The Kier molecular flexibility index (Phi) is 13.0. The number of fused-ring (bicyclic) bond motifs is 1. The van der Waals surface area contributed by atoms with Crippen LogP contribution in [0.5, 0.6) is 5.75 Å². The molecule has 11 heteroatoms. The number of amides is 2. The predicted octanol–water partition coefficient (Wildman–Crippen LogP) is 6.89. The van der Waals surface area contributed by atoms with Gasteiger partial charge in [-0.2, -0.15) is 13.2 Å². The number of aliphatic hydroxyl groups is 1. The van der Waals surface area contributed by atoms with Gasteiger partial charge in [-0.05, 0) is 88.2 Å². The molecule has 0 saturated heterocycles. The largest absolute Gasteiger partial charge is 0.490 e. The lowest BCUT2D eigenvalue weighted by molar-refractivity contribution is -0.137. The summed E-state index contributed by atoms with van der Waals surface area (Å²) in [6.07, 6.45) is -2.53. The molecule has 0 saturated carbocycles. The maximum atomic E-state index is 14.3. The third-order valence-corrected chi connectivity index (χ3v) is 8.57. The normalized spacial score (nSPS) is 20.4. The molecule has 0 bridgehead atoms. The van der Waals surface area contributed by atoms with Gasteiger partial charge in [-0.15, -0.1) is 0 Å². The molecule has 0 fully saturated rings. The second kappa shape index (κ2) is 16.9. The number of hydrogen-bond donors (Lipinski definition) is 2. The van der Waals surface area contributed by atoms with Crippen LogP contribution in [0, 0.1) is 5.92 Å². The van der Waals surface area contributed by atoms with E-state index in [0.717, 1.165) is 37.0 Å². The number of ether oxygens (including phenoxy) is 2. The molecule has 3 aromatic carbocycles. The first-order valence-corrected chi connectivity index (χ1v) is 16.4. The minimum Gasteiger partial charge on any atom is -0.490 e. The number of nitrogens with zero attached hydrogens (tertiary/aromatic N) is 2. The number of rotatable bonds is 8. The highest BCUT2D eigenvalue weighted by Crippen LogP contribution is 2.30. The van der Waals surface area contributed by atoms with Crippen molar-refractivity contribution < 1.29 is 37.3 Å². The van der Waals surface area contributed by atoms with Gasteiger partial charge in [-0.1, -0.05) is 37.3 Å². The zero-order valence-electron chi connectivity index (χ0n) is 28.0. The second-order valence-corrected chi connectivity index (χ2v) is 12.7. The fourth-order valence-electron chi connectivity index (χ4n) is 5.74. The van der Waals surface area contributed by atoms with Crippen LogP contribution in [0.4, 0.5) is 18.9 Å². The number of aliphatic hydroxyl groups excluding tert-OH is 1. The number of anilines is 1. The highest BCUT2D eigenvalue weighted by atomic mass is 19.4. The Hall–Kier alpha value is -3.93. The number of alkyl halides is 3. The number of hydrogen-bond acceptors (Lipinski definition) is 6. The molecule has 4 atom stereocenters. The van der Waals surface area contributed by atoms with Crippen LogP contribution in [0.1, 0.15) is 71.9 Å². The zero-order valence-corrected chi connectivity index (χ0v) is 28.0. The van der Waals surface area contributed by atoms with Crippen LogP contribution in [-0.2, 0) is 17.5 Å². The smallest absolute Gasteiger partial charge is 0.416 e. The van der Waals surface area contributed by atoms with Crippen LogP contribution in [0.2, 0.25) is 0 Å². The van der Waals surface area contributed by atoms with E-state index in [0.29, 0.717) is 36.7 Å². The van der Waals surface area contributed by atoms with Crippen molar-refractivity contribution in [1.82, 2.24) is 9.80 Å². The average Bonchev–Trinajstić information content (AvgIpc) is 3.06. The van der Waals surface area contributed by atoms with Gasteiger partial charge >= 0.3 is 6.18 Å². The topological polar surface area (TPSA) is 91.3 Å². The van der Waals surface area contributed by atoms with Crippen LogP contribution < -0.4 is 10.1 Å². The fraction of sp³-hybridized carbons (Fsp3) is 0.459. The van der Waals surface area contributed by atoms with Crippen molar-refractivity contribution in [3.05, 3.63) is 95.1 Å². The number of carbonyl (C=O) groups excluding carboxylic acids is 2. The second-order valence-electron chi connectivity index (χ2n) is 12.7. The Morgan fingerprint density at radius 3 is 2.44 bits per heavy atom. The van der Waals surface area contributed by atoms with Crippen molar-refractivity contribution >= 4 is 17.5 Å². The SMILES string of the molecule is C[C@@H]1CCCCO[C@H](CN(C)Cc2ccc(C(F)(F)F)cc2)[C@@H](C)CN([C@H](C)CO)C(=O)c2cc(NC(=O)c3ccccc3)ccc2O1. The lowest BCUT2D eigenvalue weighted by atomic mass is 10.0. The molecule has 0 aliphatic carbocycles. The van der Waals surface area contributed by atoms with Crippen molar-refractivity contribution in [1.29, 1.82) is 0 Å². The van der Waals surface area contributed by atoms with Gasteiger partial charge in [0.15, 0.2) is 0 Å². The summed E-state index contributed by atoms with van der Waals surface area (Å²) in [6, 6.07) is 18.4. The molecule has 260 valence electrons. The molecule has 8 nitrogen and oxygen atoms in total. The van der Waals surface area contributed by atoms with Crippen molar-refractivity contribution in [3.8, 4) is 5.75 Å². The van der Waals surface area contributed by atoms with Crippen LogP contribution in [0.3, 0.4) is 0 Å². The summed E-state index contributed by atoms with van der Waals surface area (Å²) in [5, 5.41) is 13.1. The zero-order chi connectivity index (χ0) is 34.8. The average molecular weight is 670 g/mol. The highest BCUT2D eigenvalue weighted by Gasteiger charge is 2.32. The molecule has 48 heavy (non-hydrogen) atoms. The Morgan fingerprint density at radius 1 is 1.06 bits per heavy atom. The Labute approximate surface area is 280 Å². The van der Waals surface area contributed by atoms with E-state index in [1.807, 2.05) is 31.9 Å². The van der Waals surface area contributed by atoms with Gasteiger partial charge in [-0.3, -0.25) is 14.5 Å². The molecule has 1 heterocycles. The summed E-state index contributed by atoms with van der Waals surface area (Å²) < 4.78 is 51.8. The molecule has 4 rings (SSSR count). The lowest BCUT2D eigenvalue weighted by Crippen LogP contribution is -2.47. The number of halogens is 3. The molecule has 0 aromatic heterocycles. The Balaban J connectivity index is 1.58. The molecule has 1 aliphatic rings. The number of nitrogens with one attached hydrogen (secondary N) is 1. The van der Waals surface area contributed by atoms with E-state index < -0.39 is 17.8 Å². The quantitative estimate of drug-likeness (QED) is 0.272. The van der Waals surface area contributed by atoms with E-state index in [-0.39, 0.29) is 48.7 Å². The summed E-state index contributed by atoms with van der Waals surface area (Å²) in [7, 11) is 1.89. The van der Waals surface area contributed by atoms with E-state index in [1.54, 1.807) is 54.3 Å². The summed E-state index contributed by atoms with van der Waals surface area (Å²) in [4.78, 5) is 30.9. The van der Waals surface area contributed by atoms with Crippen LogP contribution in [0.15, 0.2) is 72.8 Å². The van der Waals surface area contributed by atoms with Crippen molar-refractivity contribution in [2.75, 3.05) is 38.7 Å². The minimum absolute atomic E-state index is 0.176. The van der Waals surface area contributed by atoms with Gasteiger partial charge in [0.1, 0.15) is 5.75 Å². The molecule has 0 radical (unpaired) electrons. The maximum Gasteiger partial charge on any atom is 0.416 e. The van der Waals surface area contributed by atoms with E-state index in [2.05, 4.69) is 5.32 Å². The summed E-state index contributed by atoms with van der Waals surface area (Å²) in [6.45, 7) is 7.09. The summed E-state index contributed by atoms with van der Waals surface area (Å²) >= 11 is 0. The van der Waals surface area contributed by atoms with Crippen molar-refractivity contribution in [3.63, 3.8) is 0 Å². The fourth-order valence-corrected chi connectivity index (χ4v) is 5.74. The Morgan fingerprint density at radius 2 is 1.77 bits per heavy atom. The summed E-state index contributed by atoms with van der Waals surface area (Å²) in [5.74, 6) is -0.442. The summed E-state index contributed by atoms with van der Waals surface area (Å²) in [5.41, 5.74) is 1.24. The lowest BCUT2D eigenvalue weighted by Gasteiger charge is -2.36. The molecule has 0 spiro atoms. The van der Waals surface area contributed by atoms with E-state index in [4.69, 9.17) is 9.47 Å². The van der Waals surface area contributed by atoms with E-state index in [9.17, 15) is 27.9 Å². The van der Waals surface area contributed by atoms with E-state index in [1.165, 1.54) is 12.1 Å². The van der Waals surface area contributed by atoms with Crippen LogP contribution >= 0.6 is 0 Å². The first kappa shape index (κ1) is 36.9. The first-order valence-electron chi connectivity index (χ1n) is 16.4. The molecule has 2 amide bonds. The molecule has 1 aliphatic heterocycles. The van der Waals surface area contributed by atoms with E-state index >= 15 is 0 Å².